The normalized spacial score (nSPS) is 17.5. The highest BCUT2D eigenvalue weighted by Crippen LogP contribution is 2.39. The number of fused-ring (bicyclic) bond motifs is 2. The Labute approximate surface area is 126 Å². The van der Waals surface area contributed by atoms with E-state index in [-0.39, 0.29) is 11.6 Å². The molecule has 0 atom stereocenters. The van der Waals surface area contributed by atoms with Gasteiger partial charge in [-0.1, -0.05) is 0 Å². The number of benzene rings is 1. The number of hydrogen-bond donors (Lipinski definition) is 3. The van der Waals surface area contributed by atoms with Crippen molar-refractivity contribution in [3.8, 4) is 0 Å². The second-order valence-electron chi connectivity index (χ2n) is 6.07. The molecule has 6 nitrogen and oxygen atoms in total. The van der Waals surface area contributed by atoms with Gasteiger partial charge in [-0.25, -0.2) is 4.79 Å². The molecule has 1 saturated carbocycles. The first-order valence-corrected chi connectivity index (χ1v) is 7.51. The summed E-state index contributed by atoms with van der Waals surface area (Å²) in [5.74, 6) is -1.18. The van der Waals surface area contributed by atoms with E-state index in [9.17, 15) is 14.7 Å². The van der Waals surface area contributed by atoms with Gasteiger partial charge in [-0.15, -0.1) is 0 Å². The smallest absolute Gasteiger partial charge is 0.341 e. The summed E-state index contributed by atoms with van der Waals surface area (Å²) in [4.78, 5) is 23.9. The van der Waals surface area contributed by atoms with Gasteiger partial charge in [-0.3, -0.25) is 4.79 Å². The largest absolute Gasteiger partial charge is 0.477 e. The molecule has 1 aliphatic heterocycles. The number of carbonyl (C=O) groups is 1. The zero-order valence-corrected chi connectivity index (χ0v) is 12.1. The number of nitrogens with one attached hydrogen (secondary N) is 1. The second kappa shape index (κ2) is 4.58. The zero-order valence-electron chi connectivity index (χ0n) is 12.1. The van der Waals surface area contributed by atoms with E-state index in [0.29, 0.717) is 23.1 Å². The quantitative estimate of drug-likeness (QED) is 0.725. The Morgan fingerprint density at radius 1 is 1.41 bits per heavy atom. The van der Waals surface area contributed by atoms with Gasteiger partial charge < -0.3 is 20.7 Å². The van der Waals surface area contributed by atoms with Crippen LogP contribution in [0.3, 0.4) is 0 Å². The summed E-state index contributed by atoms with van der Waals surface area (Å²) in [6.07, 6.45) is 4.29. The van der Waals surface area contributed by atoms with E-state index >= 15 is 0 Å². The Bertz CT molecular complexity index is 865. The van der Waals surface area contributed by atoms with Crippen LogP contribution in [0.5, 0.6) is 0 Å². The predicted octanol–water partition coefficient (Wildman–Crippen LogP) is 1.26. The standard InChI is InChI=1S/C16H17N3O3/c17-13-10-3-4-18-6-8(10)5-11-14(13)19(9-1-2-9)7-12(15(11)20)16(21)22/h5,7,9,18H,1-4,6,17H2,(H,21,22). The highest BCUT2D eigenvalue weighted by Gasteiger charge is 2.29. The molecule has 0 bridgehead atoms. The van der Waals surface area contributed by atoms with Gasteiger partial charge in [0.15, 0.2) is 0 Å². The van der Waals surface area contributed by atoms with E-state index in [0.717, 1.165) is 36.9 Å². The molecule has 4 rings (SSSR count). The Hall–Kier alpha value is -2.34. The molecule has 4 N–H and O–H groups in total. The van der Waals surface area contributed by atoms with Crippen LogP contribution in [-0.4, -0.2) is 22.2 Å². The lowest BCUT2D eigenvalue weighted by atomic mass is 9.95. The third-order valence-electron chi connectivity index (χ3n) is 4.60. The van der Waals surface area contributed by atoms with Crippen molar-refractivity contribution >= 4 is 22.6 Å². The highest BCUT2D eigenvalue weighted by molar-refractivity contribution is 5.98. The van der Waals surface area contributed by atoms with Crippen molar-refractivity contribution in [3.63, 3.8) is 0 Å². The summed E-state index contributed by atoms with van der Waals surface area (Å²) in [6.45, 7) is 1.53. The average molecular weight is 299 g/mol. The van der Waals surface area contributed by atoms with Crippen LogP contribution in [0, 0.1) is 0 Å². The number of aromatic carboxylic acids is 1. The van der Waals surface area contributed by atoms with Crippen molar-refractivity contribution in [1.82, 2.24) is 9.88 Å². The molecule has 2 heterocycles. The molecule has 0 saturated heterocycles. The third kappa shape index (κ3) is 1.84. The number of pyridine rings is 1. The summed E-state index contributed by atoms with van der Waals surface area (Å²) >= 11 is 0. The molecule has 0 spiro atoms. The molecular weight excluding hydrogens is 282 g/mol. The van der Waals surface area contributed by atoms with Crippen molar-refractivity contribution < 1.29 is 9.90 Å². The Balaban J connectivity index is 2.14. The number of anilines is 1. The fraction of sp³-hybridized carbons (Fsp3) is 0.375. The van der Waals surface area contributed by atoms with Crippen LogP contribution in [-0.2, 0) is 13.0 Å². The Kier molecular flexibility index (Phi) is 2.77. The molecule has 1 aromatic carbocycles. The van der Waals surface area contributed by atoms with Crippen LogP contribution >= 0.6 is 0 Å². The lowest BCUT2D eigenvalue weighted by molar-refractivity contribution is 0.0695. The number of nitrogen functional groups attached to an aromatic ring is 1. The van der Waals surface area contributed by atoms with Crippen molar-refractivity contribution in [2.45, 2.75) is 31.8 Å². The molecule has 22 heavy (non-hydrogen) atoms. The molecule has 114 valence electrons. The Morgan fingerprint density at radius 2 is 2.18 bits per heavy atom. The van der Waals surface area contributed by atoms with Crippen LogP contribution < -0.4 is 16.5 Å². The Morgan fingerprint density at radius 3 is 2.86 bits per heavy atom. The summed E-state index contributed by atoms with van der Waals surface area (Å²) in [5, 5.41) is 13.0. The molecule has 6 heteroatoms. The van der Waals surface area contributed by atoms with Gasteiger partial charge in [0.2, 0.25) is 5.43 Å². The molecule has 1 aromatic heterocycles. The number of nitrogens with two attached hydrogens (primary N) is 1. The van der Waals surface area contributed by atoms with Gasteiger partial charge >= 0.3 is 5.97 Å². The SMILES string of the molecule is Nc1c2c(cc3c(=O)c(C(=O)O)cn(C4CC4)c13)CNCC2. The number of carboxylic acid groups (broad SMARTS) is 1. The first kappa shape index (κ1) is 13.3. The highest BCUT2D eigenvalue weighted by atomic mass is 16.4. The summed E-state index contributed by atoms with van der Waals surface area (Å²) in [6, 6.07) is 2.07. The van der Waals surface area contributed by atoms with E-state index in [4.69, 9.17) is 5.73 Å². The summed E-state index contributed by atoms with van der Waals surface area (Å²) in [5.41, 5.74) is 9.17. The minimum absolute atomic E-state index is 0.178. The van der Waals surface area contributed by atoms with Gasteiger partial charge in [-0.05, 0) is 43.0 Å². The van der Waals surface area contributed by atoms with Gasteiger partial charge in [0.05, 0.1) is 11.2 Å². The van der Waals surface area contributed by atoms with Crippen LogP contribution in [0.25, 0.3) is 10.9 Å². The van der Waals surface area contributed by atoms with Crippen LogP contribution in [0.4, 0.5) is 5.69 Å². The van der Waals surface area contributed by atoms with Crippen molar-refractivity contribution in [2.75, 3.05) is 12.3 Å². The lowest BCUT2D eigenvalue weighted by Gasteiger charge is -2.22. The van der Waals surface area contributed by atoms with E-state index in [2.05, 4.69) is 5.32 Å². The summed E-state index contributed by atoms with van der Waals surface area (Å²) < 4.78 is 1.90. The summed E-state index contributed by atoms with van der Waals surface area (Å²) in [7, 11) is 0. The maximum Gasteiger partial charge on any atom is 0.341 e. The number of carboxylic acids is 1. The second-order valence-corrected chi connectivity index (χ2v) is 6.07. The van der Waals surface area contributed by atoms with Gasteiger partial charge in [0.25, 0.3) is 0 Å². The van der Waals surface area contributed by atoms with E-state index in [1.807, 2.05) is 10.6 Å². The van der Waals surface area contributed by atoms with E-state index < -0.39 is 11.4 Å². The molecular formula is C16H17N3O3. The predicted molar refractivity (Wildman–Crippen MR) is 83.3 cm³/mol. The molecule has 2 aromatic rings. The van der Waals surface area contributed by atoms with Crippen molar-refractivity contribution in [3.05, 3.63) is 39.2 Å². The fourth-order valence-electron chi connectivity index (χ4n) is 3.33. The molecule has 1 fully saturated rings. The number of nitrogens with zero attached hydrogens (tertiary/aromatic N) is 1. The van der Waals surface area contributed by atoms with E-state index in [1.54, 1.807) is 0 Å². The first-order valence-electron chi connectivity index (χ1n) is 7.51. The van der Waals surface area contributed by atoms with Gasteiger partial charge in [-0.2, -0.15) is 0 Å². The van der Waals surface area contributed by atoms with Gasteiger partial charge in [0.1, 0.15) is 5.56 Å². The molecule has 0 unspecified atom stereocenters. The maximum atomic E-state index is 12.5. The molecule has 0 radical (unpaired) electrons. The number of aromatic nitrogens is 1. The van der Waals surface area contributed by atoms with Crippen molar-refractivity contribution in [1.29, 1.82) is 0 Å². The number of hydrogen-bond acceptors (Lipinski definition) is 4. The molecule has 2 aliphatic rings. The van der Waals surface area contributed by atoms with Crippen LogP contribution in [0.2, 0.25) is 0 Å². The first-order chi connectivity index (χ1) is 10.6. The maximum absolute atomic E-state index is 12.5. The minimum Gasteiger partial charge on any atom is -0.477 e. The monoisotopic (exact) mass is 299 g/mol. The minimum atomic E-state index is -1.18. The molecule has 1 aliphatic carbocycles. The van der Waals surface area contributed by atoms with Crippen LogP contribution in [0.1, 0.15) is 40.4 Å². The average Bonchev–Trinajstić information content (AvgIpc) is 3.33. The third-order valence-corrected chi connectivity index (χ3v) is 4.60. The zero-order chi connectivity index (χ0) is 15.4. The number of rotatable bonds is 2. The van der Waals surface area contributed by atoms with E-state index in [1.165, 1.54) is 6.20 Å². The molecule has 0 amide bonds. The lowest BCUT2D eigenvalue weighted by Crippen LogP contribution is -2.26. The topological polar surface area (TPSA) is 97.3 Å². The fourth-order valence-corrected chi connectivity index (χ4v) is 3.33. The van der Waals surface area contributed by atoms with Crippen molar-refractivity contribution in [2.24, 2.45) is 0 Å². The van der Waals surface area contributed by atoms with Gasteiger partial charge in [0, 0.05) is 24.2 Å². The van der Waals surface area contributed by atoms with Crippen LogP contribution in [0.15, 0.2) is 17.1 Å².